The van der Waals surface area contributed by atoms with Gasteiger partial charge in [-0.1, -0.05) is 6.92 Å². The summed E-state index contributed by atoms with van der Waals surface area (Å²) in [6.45, 7) is 10.4. The second-order valence-electron chi connectivity index (χ2n) is 5.93. The molecule has 4 atom stereocenters. The lowest BCUT2D eigenvalue weighted by Crippen LogP contribution is -2.53. The molecule has 0 aromatic rings. The lowest BCUT2D eigenvalue weighted by atomic mass is 10.2. The minimum Gasteiger partial charge on any atom is -0.379 e. The van der Waals surface area contributed by atoms with Gasteiger partial charge in [-0.05, 0) is 26.2 Å². The van der Waals surface area contributed by atoms with Crippen LogP contribution < -0.4 is 10.6 Å². The number of hydrogen-bond donors (Lipinski definition) is 2. The van der Waals surface area contributed by atoms with E-state index in [0.29, 0.717) is 18.1 Å². The Morgan fingerprint density at radius 2 is 2.15 bits per heavy atom. The highest BCUT2D eigenvalue weighted by atomic mass is 127. The lowest BCUT2D eigenvalue weighted by molar-refractivity contribution is -0.0174. The van der Waals surface area contributed by atoms with Crippen LogP contribution in [0.5, 0.6) is 0 Å². The minimum atomic E-state index is 0. The molecule has 2 fully saturated rings. The average Bonchev–Trinajstić information content (AvgIpc) is 3.10. The molecule has 118 valence electrons. The van der Waals surface area contributed by atoms with Gasteiger partial charge in [0.2, 0.25) is 0 Å². The molecule has 0 spiro atoms. The number of morpholine rings is 1. The fraction of sp³-hybridized carbons (Fsp3) is 0.929. The van der Waals surface area contributed by atoms with E-state index in [1.54, 1.807) is 0 Å². The van der Waals surface area contributed by atoms with Crippen LogP contribution in [0, 0.1) is 5.92 Å². The standard InChI is InChI=1S/C14H28N4O.HI/c1-10-7-13(10)17-14(15-4)16-8-11(2)18-5-6-19-9-12(18)3;/h10-13H,5-9H2,1-4H3,(H2,15,16,17);1H. The van der Waals surface area contributed by atoms with Gasteiger partial charge in [-0.15, -0.1) is 24.0 Å². The minimum absolute atomic E-state index is 0. The Hall–Kier alpha value is -0.0800. The molecule has 6 heteroatoms. The normalized spacial score (nSPS) is 32.2. The first kappa shape index (κ1) is 18.0. The number of ether oxygens (including phenoxy) is 1. The fourth-order valence-electron chi connectivity index (χ4n) is 2.65. The highest BCUT2D eigenvalue weighted by Crippen LogP contribution is 2.28. The van der Waals surface area contributed by atoms with E-state index >= 15 is 0 Å². The van der Waals surface area contributed by atoms with Gasteiger partial charge in [0.25, 0.3) is 0 Å². The molecule has 1 saturated heterocycles. The Balaban J connectivity index is 0.00000200. The molecule has 1 heterocycles. The van der Waals surface area contributed by atoms with Crippen LogP contribution in [0.2, 0.25) is 0 Å². The van der Waals surface area contributed by atoms with Crippen molar-refractivity contribution in [2.45, 2.75) is 45.3 Å². The van der Waals surface area contributed by atoms with Gasteiger partial charge in [0.15, 0.2) is 5.96 Å². The van der Waals surface area contributed by atoms with Gasteiger partial charge in [0, 0.05) is 38.3 Å². The summed E-state index contributed by atoms with van der Waals surface area (Å²) in [6, 6.07) is 1.61. The monoisotopic (exact) mass is 396 g/mol. The zero-order valence-corrected chi connectivity index (χ0v) is 15.4. The van der Waals surface area contributed by atoms with Crippen molar-refractivity contribution in [2.75, 3.05) is 33.4 Å². The van der Waals surface area contributed by atoms with Crippen molar-refractivity contribution >= 4 is 29.9 Å². The van der Waals surface area contributed by atoms with Crippen LogP contribution in [-0.4, -0.2) is 62.3 Å². The van der Waals surface area contributed by atoms with Crippen LogP contribution in [0.1, 0.15) is 27.2 Å². The van der Waals surface area contributed by atoms with Crippen LogP contribution in [0.4, 0.5) is 0 Å². The van der Waals surface area contributed by atoms with Crippen molar-refractivity contribution in [1.82, 2.24) is 15.5 Å². The average molecular weight is 396 g/mol. The lowest BCUT2D eigenvalue weighted by Gasteiger charge is -2.38. The summed E-state index contributed by atoms with van der Waals surface area (Å²) < 4.78 is 5.48. The van der Waals surface area contributed by atoms with Crippen LogP contribution >= 0.6 is 24.0 Å². The molecule has 0 amide bonds. The van der Waals surface area contributed by atoms with Crippen LogP contribution in [0.25, 0.3) is 0 Å². The SMILES string of the molecule is CN=C(NCC(C)N1CCOCC1C)NC1CC1C.I. The summed E-state index contributed by atoms with van der Waals surface area (Å²) in [5, 5.41) is 6.89. The van der Waals surface area contributed by atoms with Gasteiger partial charge in [0.1, 0.15) is 0 Å². The molecule has 1 aliphatic heterocycles. The molecule has 2 rings (SSSR count). The molecule has 1 aliphatic carbocycles. The number of halogens is 1. The Kier molecular flexibility index (Phi) is 7.53. The summed E-state index contributed by atoms with van der Waals surface area (Å²) in [7, 11) is 1.84. The predicted octanol–water partition coefficient (Wildman–Crippen LogP) is 1.29. The Bertz CT molecular complexity index is 326. The molecule has 20 heavy (non-hydrogen) atoms. The molecular formula is C14H29IN4O. The van der Waals surface area contributed by atoms with Crippen molar-refractivity contribution in [3.8, 4) is 0 Å². The van der Waals surface area contributed by atoms with E-state index in [1.165, 1.54) is 6.42 Å². The molecule has 0 radical (unpaired) electrons. The van der Waals surface area contributed by atoms with Gasteiger partial charge in [-0.2, -0.15) is 0 Å². The quantitative estimate of drug-likeness (QED) is 0.427. The van der Waals surface area contributed by atoms with Crippen molar-refractivity contribution in [3.05, 3.63) is 0 Å². The van der Waals surface area contributed by atoms with Crippen molar-refractivity contribution in [2.24, 2.45) is 10.9 Å². The maximum Gasteiger partial charge on any atom is 0.191 e. The van der Waals surface area contributed by atoms with Gasteiger partial charge >= 0.3 is 0 Å². The Labute approximate surface area is 139 Å². The highest BCUT2D eigenvalue weighted by molar-refractivity contribution is 14.0. The highest BCUT2D eigenvalue weighted by Gasteiger charge is 2.33. The smallest absolute Gasteiger partial charge is 0.191 e. The molecule has 2 N–H and O–H groups in total. The third-order valence-electron chi connectivity index (χ3n) is 4.21. The zero-order chi connectivity index (χ0) is 13.8. The van der Waals surface area contributed by atoms with Crippen LogP contribution in [0.15, 0.2) is 4.99 Å². The van der Waals surface area contributed by atoms with Gasteiger partial charge in [-0.25, -0.2) is 0 Å². The zero-order valence-electron chi connectivity index (χ0n) is 13.1. The maximum atomic E-state index is 5.48. The van der Waals surface area contributed by atoms with Gasteiger partial charge in [-0.3, -0.25) is 9.89 Å². The second-order valence-corrected chi connectivity index (χ2v) is 5.93. The number of aliphatic imine (C=N–C) groups is 1. The number of nitrogens with zero attached hydrogens (tertiary/aromatic N) is 2. The van der Waals surface area contributed by atoms with E-state index < -0.39 is 0 Å². The number of hydrogen-bond acceptors (Lipinski definition) is 3. The summed E-state index contributed by atoms with van der Waals surface area (Å²) in [5.41, 5.74) is 0. The third-order valence-corrected chi connectivity index (χ3v) is 4.21. The number of guanidine groups is 1. The first-order chi connectivity index (χ1) is 9.11. The molecule has 0 aromatic carbocycles. The molecule has 0 bridgehead atoms. The second kappa shape index (κ2) is 8.38. The first-order valence-corrected chi connectivity index (χ1v) is 7.42. The number of nitrogens with one attached hydrogen (secondary N) is 2. The molecule has 5 nitrogen and oxygen atoms in total. The van der Waals surface area contributed by atoms with E-state index in [4.69, 9.17) is 4.74 Å². The van der Waals surface area contributed by atoms with E-state index in [2.05, 4.69) is 41.3 Å². The predicted molar refractivity (Wildman–Crippen MR) is 93.9 cm³/mol. The van der Waals surface area contributed by atoms with E-state index in [9.17, 15) is 0 Å². The van der Waals surface area contributed by atoms with E-state index in [-0.39, 0.29) is 24.0 Å². The molecule has 1 saturated carbocycles. The van der Waals surface area contributed by atoms with Crippen molar-refractivity contribution in [3.63, 3.8) is 0 Å². The van der Waals surface area contributed by atoms with E-state index in [1.807, 2.05) is 7.05 Å². The first-order valence-electron chi connectivity index (χ1n) is 7.42. The summed E-state index contributed by atoms with van der Waals surface area (Å²) in [4.78, 5) is 6.79. The van der Waals surface area contributed by atoms with Gasteiger partial charge < -0.3 is 15.4 Å². The topological polar surface area (TPSA) is 48.9 Å². The number of rotatable bonds is 4. The Morgan fingerprint density at radius 3 is 2.70 bits per heavy atom. The fourth-order valence-corrected chi connectivity index (χ4v) is 2.65. The Morgan fingerprint density at radius 1 is 1.45 bits per heavy atom. The molecular weight excluding hydrogens is 367 g/mol. The van der Waals surface area contributed by atoms with Gasteiger partial charge in [0.05, 0.1) is 13.2 Å². The summed E-state index contributed by atoms with van der Waals surface area (Å²) in [6.07, 6.45) is 1.26. The maximum absolute atomic E-state index is 5.48. The van der Waals surface area contributed by atoms with Crippen molar-refractivity contribution in [1.29, 1.82) is 0 Å². The molecule has 0 aromatic heterocycles. The largest absolute Gasteiger partial charge is 0.379 e. The molecule has 2 aliphatic rings. The van der Waals surface area contributed by atoms with E-state index in [0.717, 1.165) is 38.2 Å². The van der Waals surface area contributed by atoms with Crippen LogP contribution in [0.3, 0.4) is 0 Å². The van der Waals surface area contributed by atoms with Crippen molar-refractivity contribution < 1.29 is 4.74 Å². The molecule has 4 unspecified atom stereocenters. The summed E-state index contributed by atoms with van der Waals surface area (Å²) in [5.74, 6) is 1.72. The van der Waals surface area contributed by atoms with Crippen LogP contribution in [-0.2, 0) is 4.74 Å². The summed E-state index contributed by atoms with van der Waals surface area (Å²) >= 11 is 0. The third kappa shape index (κ3) is 5.04.